The summed E-state index contributed by atoms with van der Waals surface area (Å²) in [6.45, 7) is 3.41. The summed E-state index contributed by atoms with van der Waals surface area (Å²) >= 11 is 12.7. The van der Waals surface area contributed by atoms with Crippen molar-refractivity contribution in [2.75, 3.05) is 6.54 Å². The smallest absolute Gasteiger partial charge is 0.254 e. The van der Waals surface area contributed by atoms with Gasteiger partial charge in [0.05, 0.1) is 21.7 Å². The number of nitrogens with one attached hydrogen (secondary N) is 1. The van der Waals surface area contributed by atoms with Gasteiger partial charge in [-0.3, -0.25) is 9.69 Å². The van der Waals surface area contributed by atoms with E-state index >= 15 is 0 Å². The standard InChI is InChI=1S/C24H28Cl2N2O/c1-17-9-8-16-28(17)24(14-5-6-15-24)22(18-10-3-2-4-11-18)27-23(29)21-19(25)12-7-13-20(21)26/h2-4,7,10-13,17,22H,5-6,8-9,14-16H2,1H3,(H,27,29). The molecule has 1 aliphatic heterocycles. The number of carbonyl (C=O) groups excluding carboxylic acids is 1. The van der Waals surface area contributed by atoms with Gasteiger partial charge in [-0.15, -0.1) is 0 Å². The van der Waals surface area contributed by atoms with Crippen molar-refractivity contribution in [1.29, 1.82) is 0 Å². The highest BCUT2D eigenvalue weighted by Gasteiger charge is 2.49. The molecule has 1 heterocycles. The number of halogens is 2. The van der Waals surface area contributed by atoms with Crippen molar-refractivity contribution in [2.24, 2.45) is 0 Å². The van der Waals surface area contributed by atoms with Crippen LogP contribution in [-0.4, -0.2) is 28.9 Å². The zero-order chi connectivity index (χ0) is 20.4. The largest absolute Gasteiger partial charge is 0.343 e. The second-order valence-electron chi connectivity index (χ2n) is 8.41. The van der Waals surface area contributed by atoms with Crippen molar-refractivity contribution >= 4 is 29.1 Å². The van der Waals surface area contributed by atoms with E-state index in [-0.39, 0.29) is 17.5 Å². The maximum Gasteiger partial charge on any atom is 0.254 e. The van der Waals surface area contributed by atoms with E-state index in [2.05, 4.69) is 29.3 Å². The maximum atomic E-state index is 13.4. The molecule has 3 nitrogen and oxygen atoms in total. The Kier molecular flexibility index (Phi) is 6.19. The summed E-state index contributed by atoms with van der Waals surface area (Å²) in [6, 6.07) is 16.0. The molecule has 2 aromatic carbocycles. The highest BCUT2D eigenvalue weighted by Crippen LogP contribution is 2.47. The summed E-state index contributed by atoms with van der Waals surface area (Å²) in [5, 5.41) is 4.13. The molecule has 1 amide bonds. The Labute approximate surface area is 183 Å². The van der Waals surface area contributed by atoms with Gasteiger partial charge in [-0.1, -0.05) is 72.4 Å². The molecule has 0 spiro atoms. The Morgan fingerprint density at radius 3 is 2.28 bits per heavy atom. The summed E-state index contributed by atoms with van der Waals surface area (Å²) in [6.07, 6.45) is 6.99. The molecule has 5 heteroatoms. The Hall–Kier alpha value is -1.55. The molecule has 1 saturated heterocycles. The predicted octanol–water partition coefficient (Wildman–Crippen LogP) is 6.26. The third-order valence-corrected chi connectivity index (χ3v) is 7.36. The fourth-order valence-electron chi connectivity index (χ4n) is 5.42. The molecule has 4 rings (SSSR count). The number of nitrogens with zero attached hydrogens (tertiary/aromatic N) is 1. The molecule has 0 aromatic heterocycles. The minimum absolute atomic E-state index is 0.0688. The Balaban J connectivity index is 1.75. The average molecular weight is 431 g/mol. The first-order valence-electron chi connectivity index (χ1n) is 10.6. The van der Waals surface area contributed by atoms with Crippen molar-refractivity contribution < 1.29 is 4.79 Å². The summed E-state index contributed by atoms with van der Waals surface area (Å²) in [5.41, 5.74) is 1.44. The summed E-state index contributed by atoms with van der Waals surface area (Å²) in [4.78, 5) is 16.0. The van der Waals surface area contributed by atoms with Gasteiger partial charge in [-0.25, -0.2) is 0 Å². The third kappa shape index (κ3) is 3.93. The zero-order valence-corrected chi connectivity index (χ0v) is 18.3. The van der Waals surface area contributed by atoms with Gasteiger partial charge in [0.1, 0.15) is 0 Å². The summed E-state index contributed by atoms with van der Waals surface area (Å²) < 4.78 is 0. The Morgan fingerprint density at radius 2 is 1.69 bits per heavy atom. The number of hydrogen-bond donors (Lipinski definition) is 1. The van der Waals surface area contributed by atoms with Gasteiger partial charge in [-0.2, -0.15) is 0 Å². The first-order valence-corrected chi connectivity index (χ1v) is 11.3. The second-order valence-corrected chi connectivity index (χ2v) is 9.22. The number of amides is 1. The fraction of sp³-hybridized carbons (Fsp3) is 0.458. The minimum atomic E-state index is -0.201. The van der Waals surface area contributed by atoms with Gasteiger partial charge in [0.15, 0.2) is 0 Å². The van der Waals surface area contributed by atoms with Crippen LogP contribution in [-0.2, 0) is 0 Å². The van der Waals surface area contributed by atoms with Crippen LogP contribution in [0.1, 0.15) is 67.4 Å². The van der Waals surface area contributed by atoms with Crippen LogP contribution in [0.5, 0.6) is 0 Å². The molecule has 2 atom stereocenters. The SMILES string of the molecule is CC1CCCN1C1(C(NC(=O)c2c(Cl)cccc2Cl)c2ccccc2)CCCC1. The average Bonchev–Trinajstić information content (AvgIpc) is 3.36. The van der Waals surface area contributed by atoms with Gasteiger partial charge in [0.25, 0.3) is 5.91 Å². The van der Waals surface area contributed by atoms with Crippen molar-refractivity contribution in [2.45, 2.75) is 63.1 Å². The monoisotopic (exact) mass is 430 g/mol. The molecule has 0 radical (unpaired) electrons. The lowest BCUT2D eigenvalue weighted by Crippen LogP contribution is -2.57. The molecule has 1 N–H and O–H groups in total. The van der Waals surface area contributed by atoms with E-state index in [0.29, 0.717) is 21.7 Å². The lowest BCUT2D eigenvalue weighted by molar-refractivity contribution is 0.0432. The number of carbonyl (C=O) groups is 1. The second kappa shape index (κ2) is 8.67. The number of hydrogen-bond acceptors (Lipinski definition) is 2. The predicted molar refractivity (Wildman–Crippen MR) is 120 cm³/mol. The topological polar surface area (TPSA) is 32.3 Å². The molecule has 1 aliphatic carbocycles. The van der Waals surface area contributed by atoms with Gasteiger partial charge in [0, 0.05) is 11.6 Å². The van der Waals surface area contributed by atoms with E-state index in [0.717, 1.165) is 24.9 Å². The van der Waals surface area contributed by atoms with Crippen LogP contribution in [0.4, 0.5) is 0 Å². The van der Waals surface area contributed by atoms with Crippen LogP contribution in [0.2, 0.25) is 10.0 Å². The van der Waals surface area contributed by atoms with Crippen molar-refractivity contribution in [3.05, 3.63) is 69.7 Å². The van der Waals surface area contributed by atoms with Crippen LogP contribution in [0.3, 0.4) is 0 Å². The van der Waals surface area contributed by atoms with Crippen LogP contribution >= 0.6 is 23.2 Å². The number of likely N-dealkylation sites (tertiary alicyclic amines) is 1. The summed E-state index contributed by atoms with van der Waals surface area (Å²) in [5.74, 6) is -0.201. The van der Waals surface area contributed by atoms with Crippen molar-refractivity contribution in [1.82, 2.24) is 10.2 Å². The first kappa shape index (κ1) is 20.7. The van der Waals surface area contributed by atoms with Crippen LogP contribution < -0.4 is 5.32 Å². The lowest BCUT2D eigenvalue weighted by atomic mass is 9.81. The number of benzene rings is 2. The van der Waals surface area contributed by atoms with Crippen molar-refractivity contribution in [3.63, 3.8) is 0 Å². The molecule has 154 valence electrons. The van der Waals surface area contributed by atoms with Gasteiger partial charge < -0.3 is 5.32 Å². The highest BCUT2D eigenvalue weighted by atomic mass is 35.5. The summed E-state index contributed by atoms with van der Waals surface area (Å²) in [7, 11) is 0. The molecule has 1 saturated carbocycles. The molecule has 0 bridgehead atoms. The van der Waals surface area contributed by atoms with E-state index in [1.54, 1.807) is 18.2 Å². The van der Waals surface area contributed by atoms with Gasteiger partial charge in [0.2, 0.25) is 0 Å². The quantitative estimate of drug-likeness (QED) is 0.606. The normalized spacial score (nSPS) is 22.5. The number of rotatable bonds is 5. The molecule has 2 fully saturated rings. The molecule has 2 aliphatic rings. The Morgan fingerprint density at radius 1 is 1.03 bits per heavy atom. The maximum absolute atomic E-state index is 13.4. The Bertz CT molecular complexity index is 844. The van der Waals surface area contributed by atoms with Crippen molar-refractivity contribution in [3.8, 4) is 0 Å². The van der Waals surface area contributed by atoms with Gasteiger partial charge >= 0.3 is 0 Å². The van der Waals surface area contributed by atoms with Crippen LogP contribution in [0.15, 0.2) is 48.5 Å². The molecule has 2 aromatic rings. The van der Waals surface area contributed by atoms with E-state index in [9.17, 15) is 4.79 Å². The molecular weight excluding hydrogens is 403 g/mol. The van der Waals surface area contributed by atoms with Gasteiger partial charge in [-0.05, 0) is 56.8 Å². The van der Waals surface area contributed by atoms with E-state index in [1.165, 1.54) is 25.7 Å². The zero-order valence-electron chi connectivity index (χ0n) is 16.8. The molecule has 2 unspecified atom stereocenters. The van der Waals surface area contributed by atoms with Crippen LogP contribution in [0, 0.1) is 0 Å². The van der Waals surface area contributed by atoms with Crippen LogP contribution in [0.25, 0.3) is 0 Å². The fourth-order valence-corrected chi connectivity index (χ4v) is 5.98. The third-order valence-electron chi connectivity index (χ3n) is 6.73. The first-order chi connectivity index (χ1) is 14.0. The molecule has 29 heavy (non-hydrogen) atoms. The van der Waals surface area contributed by atoms with E-state index in [4.69, 9.17) is 23.2 Å². The molecular formula is C24H28Cl2N2O. The van der Waals surface area contributed by atoms with E-state index in [1.807, 2.05) is 18.2 Å². The highest BCUT2D eigenvalue weighted by molar-refractivity contribution is 6.39. The minimum Gasteiger partial charge on any atom is -0.343 e. The lowest BCUT2D eigenvalue weighted by Gasteiger charge is -2.47. The van der Waals surface area contributed by atoms with E-state index < -0.39 is 0 Å².